The molecule has 8 nitrogen and oxygen atoms in total. The number of furan rings is 1. The van der Waals surface area contributed by atoms with Crippen molar-refractivity contribution >= 4 is 75.4 Å². The van der Waals surface area contributed by atoms with Crippen molar-refractivity contribution in [2.24, 2.45) is 0 Å². The molecule has 1 aliphatic heterocycles. The van der Waals surface area contributed by atoms with Crippen molar-refractivity contribution in [3.8, 4) is 45.5 Å². The number of hydrogen-bond donors (Lipinski definition) is 0. The molecule has 0 radical (unpaired) electrons. The summed E-state index contributed by atoms with van der Waals surface area (Å²) in [7, 11) is -3.85. The summed E-state index contributed by atoms with van der Waals surface area (Å²) in [6.45, 7) is 4.27. The van der Waals surface area contributed by atoms with Gasteiger partial charge in [0.1, 0.15) is 11.1 Å². The Morgan fingerprint density at radius 3 is 1.65 bits per heavy atom. The maximum atomic E-state index is 14.7. The lowest BCUT2D eigenvalue weighted by atomic mass is 9.76. The van der Waals surface area contributed by atoms with Crippen LogP contribution in [0.3, 0.4) is 0 Å². The summed E-state index contributed by atoms with van der Waals surface area (Å²) in [5, 5.41) is 6.25. The molecule has 0 aliphatic carbocycles. The number of para-hydroxylation sites is 3. The van der Waals surface area contributed by atoms with Crippen LogP contribution in [0.25, 0.3) is 111 Å². The third-order valence-corrected chi connectivity index (χ3v) is 16.1. The van der Waals surface area contributed by atoms with Gasteiger partial charge in [-0.15, -0.1) is 0 Å². The summed E-state index contributed by atoms with van der Waals surface area (Å²) >= 11 is 0. The van der Waals surface area contributed by atoms with Gasteiger partial charge in [0.15, 0.2) is 17.2 Å². The summed E-state index contributed by atoms with van der Waals surface area (Å²) in [5.41, 5.74) is 10.8. The SMILES string of the molecule is CC1(C)c2cc(-c3ccc4c(c3)c3ccc5c6ccccc6oc5c3n4-c3nc(-c4ccccc4)nc(-c4ccccc4)n3)ccc2S(=O)(=O)c2ccc(-n3c4ccccc4c4ccccc43)cc21. The Bertz CT molecular complexity index is 4310. The number of rotatable bonds is 5. The lowest BCUT2D eigenvalue weighted by molar-refractivity contribution is 0.555. The van der Waals surface area contributed by atoms with Crippen molar-refractivity contribution in [1.82, 2.24) is 24.1 Å². The van der Waals surface area contributed by atoms with E-state index in [1.807, 2.05) is 103 Å². The first-order chi connectivity index (χ1) is 33.7. The minimum atomic E-state index is -3.85. The minimum Gasteiger partial charge on any atom is -0.454 e. The van der Waals surface area contributed by atoms with Crippen LogP contribution in [0.4, 0.5) is 0 Å². The number of fused-ring (bicyclic) bond motifs is 12. The monoisotopic (exact) mass is 909 g/mol. The van der Waals surface area contributed by atoms with Gasteiger partial charge in [-0.25, -0.2) is 13.4 Å². The minimum absolute atomic E-state index is 0.330. The largest absolute Gasteiger partial charge is 0.454 e. The molecule has 0 atom stereocenters. The molecule has 0 saturated carbocycles. The Morgan fingerprint density at radius 1 is 0.435 bits per heavy atom. The van der Waals surface area contributed by atoms with Crippen molar-refractivity contribution in [2.45, 2.75) is 29.1 Å². The normalized spacial score (nSPS) is 14.0. The molecule has 0 N–H and O–H groups in total. The Kier molecular flexibility index (Phi) is 8.26. The van der Waals surface area contributed by atoms with E-state index in [0.717, 1.165) is 105 Å². The summed E-state index contributed by atoms with van der Waals surface area (Å²) < 4.78 is 40.5. The molecule has 328 valence electrons. The van der Waals surface area contributed by atoms with Gasteiger partial charge in [0.25, 0.3) is 0 Å². The highest BCUT2D eigenvalue weighted by molar-refractivity contribution is 7.91. The highest BCUT2D eigenvalue weighted by Gasteiger charge is 2.41. The predicted molar refractivity (Wildman–Crippen MR) is 276 cm³/mol. The van der Waals surface area contributed by atoms with Crippen LogP contribution in [0.15, 0.2) is 214 Å². The third-order valence-electron chi connectivity index (χ3n) is 14.2. The molecule has 4 aromatic heterocycles. The summed E-state index contributed by atoms with van der Waals surface area (Å²) in [6, 6.07) is 67.1. The highest BCUT2D eigenvalue weighted by Crippen LogP contribution is 2.49. The van der Waals surface area contributed by atoms with Crippen LogP contribution in [-0.4, -0.2) is 32.5 Å². The van der Waals surface area contributed by atoms with E-state index >= 15 is 0 Å². The molecule has 5 heterocycles. The van der Waals surface area contributed by atoms with Crippen LogP contribution in [0.1, 0.15) is 25.0 Å². The zero-order valence-electron chi connectivity index (χ0n) is 37.4. The van der Waals surface area contributed by atoms with E-state index in [2.05, 4.69) is 108 Å². The van der Waals surface area contributed by atoms with Gasteiger partial charge in [-0.3, -0.25) is 4.57 Å². The standard InChI is InChI=1S/C60H39N5O3S/c1-60(2)47-34-39(26-31-53(47)69(66,67)54-32-27-40(35-48(54)60)64-49-22-12-9-19-41(49)42-20-10-13-23-50(42)64)38-25-30-51-46(33-38)44-28-29-45-43-21-11-14-24-52(43)68-56(45)55(44)65(51)59-62-57(36-15-5-3-6-16-36)61-58(63-59)37-17-7-4-8-18-37/h3-35H,1-2H3. The van der Waals surface area contributed by atoms with Crippen LogP contribution in [0, 0.1) is 0 Å². The predicted octanol–water partition coefficient (Wildman–Crippen LogP) is 14.4. The van der Waals surface area contributed by atoms with E-state index in [-0.39, 0.29) is 0 Å². The van der Waals surface area contributed by atoms with Crippen LogP contribution in [0.2, 0.25) is 0 Å². The lowest BCUT2D eigenvalue weighted by Crippen LogP contribution is -2.30. The van der Waals surface area contributed by atoms with E-state index in [4.69, 9.17) is 19.4 Å². The Labute approximate surface area is 396 Å². The van der Waals surface area contributed by atoms with Gasteiger partial charge in [0.05, 0.1) is 26.3 Å². The fraction of sp³-hybridized carbons (Fsp3) is 0.0500. The van der Waals surface area contributed by atoms with E-state index in [0.29, 0.717) is 27.4 Å². The van der Waals surface area contributed by atoms with Crippen molar-refractivity contribution in [3.05, 3.63) is 211 Å². The number of hydrogen-bond acceptors (Lipinski definition) is 6. The van der Waals surface area contributed by atoms with Gasteiger partial charge in [-0.05, 0) is 89.0 Å². The van der Waals surface area contributed by atoms with Crippen molar-refractivity contribution in [1.29, 1.82) is 0 Å². The molecular weight excluding hydrogens is 871 g/mol. The van der Waals surface area contributed by atoms with E-state index in [9.17, 15) is 8.42 Å². The third kappa shape index (κ3) is 5.74. The molecular formula is C60H39N5O3S. The van der Waals surface area contributed by atoms with Crippen molar-refractivity contribution < 1.29 is 12.8 Å². The van der Waals surface area contributed by atoms with Gasteiger partial charge >= 0.3 is 0 Å². The highest BCUT2D eigenvalue weighted by atomic mass is 32.2. The summed E-state index contributed by atoms with van der Waals surface area (Å²) in [5.74, 6) is 1.57. The Hall–Kier alpha value is -8.66. The zero-order valence-corrected chi connectivity index (χ0v) is 38.2. The van der Waals surface area contributed by atoms with E-state index < -0.39 is 15.3 Å². The smallest absolute Gasteiger partial charge is 0.238 e. The van der Waals surface area contributed by atoms with E-state index in [1.165, 1.54) is 0 Å². The van der Waals surface area contributed by atoms with Crippen LogP contribution >= 0.6 is 0 Å². The molecule has 0 unspecified atom stereocenters. The topological polar surface area (TPSA) is 95.8 Å². The molecule has 14 rings (SSSR count). The summed E-state index contributed by atoms with van der Waals surface area (Å²) in [6.07, 6.45) is 0. The van der Waals surface area contributed by atoms with Gasteiger partial charge < -0.3 is 8.98 Å². The molecule has 69 heavy (non-hydrogen) atoms. The molecule has 13 aromatic rings. The first kappa shape index (κ1) is 39.5. The van der Waals surface area contributed by atoms with Gasteiger partial charge in [0, 0.05) is 54.5 Å². The second-order valence-electron chi connectivity index (χ2n) is 18.4. The first-order valence-electron chi connectivity index (χ1n) is 23.0. The molecule has 1 aliphatic rings. The van der Waals surface area contributed by atoms with E-state index in [1.54, 1.807) is 12.1 Å². The second kappa shape index (κ2) is 14.4. The van der Waals surface area contributed by atoms with Crippen LogP contribution < -0.4 is 0 Å². The average molecular weight is 910 g/mol. The maximum Gasteiger partial charge on any atom is 0.238 e. The van der Waals surface area contributed by atoms with Crippen molar-refractivity contribution in [3.63, 3.8) is 0 Å². The first-order valence-corrected chi connectivity index (χ1v) is 24.5. The number of aromatic nitrogens is 5. The number of sulfone groups is 1. The molecule has 9 aromatic carbocycles. The Morgan fingerprint density at radius 2 is 0.971 bits per heavy atom. The maximum absolute atomic E-state index is 14.7. The van der Waals surface area contributed by atoms with Crippen molar-refractivity contribution in [2.75, 3.05) is 0 Å². The van der Waals surface area contributed by atoms with Gasteiger partial charge in [-0.2, -0.15) is 9.97 Å². The number of nitrogens with zero attached hydrogens (tertiary/aromatic N) is 5. The number of benzene rings is 9. The second-order valence-corrected chi connectivity index (χ2v) is 20.3. The fourth-order valence-electron chi connectivity index (χ4n) is 10.8. The zero-order chi connectivity index (χ0) is 46.2. The molecule has 0 fully saturated rings. The molecule has 0 spiro atoms. The Balaban J connectivity index is 0.967. The quantitative estimate of drug-likeness (QED) is 0.171. The molecule has 0 amide bonds. The van der Waals surface area contributed by atoms with Crippen LogP contribution in [-0.2, 0) is 15.3 Å². The average Bonchev–Trinajstić information content (AvgIpc) is 4.06. The van der Waals surface area contributed by atoms with Crippen LogP contribution in [0.5, 0.6) is 0 Å². The summed E-state index contributed by atoms with van der Waals surface area (Å²) in [4.78, 5) is 16.1. The van der Waals surface area contributed by atoms with Gasteiger partial charge in [0.2, 0.25) is 15.8 Å². The molecule has 0 bridgehead atoms. The molecule has 9 heteroatoms. The fourth-order valence-corrected chi connectivity index (χ4v) is 12.8. The molecule has 0 saturated heterocycles. The lowest BCUT2D eigenvalue weighted by Gasteiger charge is -2.35. The van der Waals surface area contributed by atoms with Gasteiger partial charge in [-0.1, -0.05) is 147 Å².